The molecule has 0 spiro atoms. The fraction of sp³-hybridized carbons (Fsp3) is 0.158. The smallest absolute Gasteiger partial charge is 0.216 e. The summed E-state index contributed by atoms with van der Waals surface area (Å²) in [6.45, 7) is 2.43. The Morgan fingerprint density at radius 2 is 1.93 bits per heavy atom. The Hall–Kier alpha value is -2.09. The van der Waals surface area contributed by atoms with Crippen molar-refractivity contribution in [2.75, 3.05) is 5.01 Å². The molecule has 3 aromatic rings. The fourth-order valence-corrected chi connectivity index (χ4v) is 5.56. The molecule has 0 aliphatic carbocycles. The lowest BCUT2D eigenvalue weighted by atomic mass is 10.2. The molecule has 0 saturated carbocycles. The zero-order valence-corrected chi connectivity index (χ0v) is 16.8. The van der Waals surface area contributed by atoms with Crippen molar-refractivity contribution in [1.82, 2.24) is 14.9 Å². The van der Waals surface area contributed by atoms with Crippen LogP contribution in [0, 0.1) is 6.92 Å². The molecule has 1 aromatic heterocycles. The summed E-state index contributed by atoms with van der Waals surface area (Å²) in [6, 6.07) is 16.0. The molecule has 0 N–H and O–H groups in total. The van der Waals surface area contributed by atoms with Crippen LogP contribution in [0.15, 0.2) is 64.1 Å². The van der Waals surface area contributed by atoms with Crippen molar-refractivity contribution in [3.63, 3.8) is 0 Å². The van der Waals surface area contributed by atoms with Crippen molar-refractivity contribution in [2.45, 2.75) is 24.1 Å². The van der Waals surface area contributed by atoms with E-state index in [1.54, 1.807) is 23.5 Å². The van der Waals surface area contributed by atoms with Gasteiger partial charge >= 0.3 is 0 Å². The number of nitrogens with zero attached hydrogens (tertiary/aromatic N) is 4. The van der Waals surface area contributed by atoms with Gasteiger partial charge in [0.05, 0.1) is 0 Å². The summed E-state index contributed by atoms with van der Waals surface area (Å²) in [5, 5.41) is 15.9. The maximum absolute atomic E-state index is 6.19. The van der Waals surface area contributed by atoms with Gasteiger partial charge in [-0.1, -0.05) is 53.7 Å². The van der Waals surface area contributed by atoms with Crippen molar-refractivity contribution in [2.24, 2.45) is 0 Å². The minimum Gasteiger partial charge on any atom is -0.489 e. The minimum atomic E-state index is 0.168. The van der Waals surface area contributed by atoms with Crippen molar-refractivity contribution in [3.8, 4) is 5.75 Å². The van der Waals surface area contributed by atoms with Crippen LogP contribution in [0.1, 0.15) is 22.3 Å². The van der Waals surface area contributed by atoms with Crippen LogP contribution in [0.5, 0.6) is 5.75 Å². The summed E-state index contributed by atoms with van der Waals surface area (Å²) in [5.74, 6) is 1.72. The van der Waals surface area contributed by atoms with Crippen LogP contribution < -0.4 is 9.75 Å². The molecule has 1 unspecified atom stereocenters. The Morgan fingerprint density at radius 1 is 1.11 bits per heavy atom. The third kappa shape index (κ3) is 2.99. The Morgan fingerprint density at radius 3 is 2.74 bits per heavy atom. The van der Waals surface area contributed by atoms with E-state index in [0.29, 0.717) is 6.61 Å². The van der Waals surface area contributed by atoms with Crippen LogP contribution in [0.3, 0.4) is 0 Å². The van der Waals surface area contributed by atoms with Crippen LogP contribution in [0.4, 0.5) is 0 Å². The zero-order chi connectivity index (χ0) is 18.4. The molecular formula is C19H15ClN4OS2. The molecule has 3 heterocycles. The lowest BCUT2D eigenvalue weighted by molar-refractivity contribution is 0.306. The van der Waals surface area contributed by atoms with E-state index in [2.05, 4.69) is 37.4 Å². The number of aromatic nitrogens is 3. The van der Waals surface area contributed by atoms with Gasteiger partial charge < -0.3 is 4.74 Å². The molecule has 136 valence electrons. The van der Waals surface area contributed by atoms with E-state index in [0.717, 1.165) is 27.3 Å². The highest BCUT2D eigenvalue weighted by Gasteiger charge is 2.38. The second-order valence-electron chi connectivity index (χ2n) is 6.18. The van der Waals surface area contributed by atoms with Gasteiger partial charge in [0.15, 0.2) is 5.82 Å². The first-order valence-corrected chi connectivity index (χ1v) is 10.6. The summed E-state index contributed by atoms with van der Waals surface area (Å²) in [7, 11) is 0. The Labute approximate surface area is 170 Å². The van der Waals surface area contributed by atoms with E-state index in [4.69, 9.17) is 16.3 Å². The number of rotatable bonds is 4. The van der Waals surface area contributed by atoms with Crippen molar-refractivity contribution in [1.29, 1.82) is 0 Å². The highest BCUT2D eigenvalue weighted by atomic mass is 35.5. The number of fused-ring (bicyclic) bond motifs is 3. The lowest BCUT2D eigenvalue weighted by Crippen LogP contribution is -2.30. The lowest BCUT2D eigenvalue weighted by Gasteiger charge is -2.25. The minimum absolute atomic E-state index is 0.168. The first-order chi connectivity index (χ1) is 13.2. The van der Waals surface area contributed by atoms with E-state index in [1.807, 2.05) is 43.3 Å². The SMILES string of the molecule is Cc1nnc2n1N1C(=CSC1c1ccc(OCc3ccccc3Cl)cc1)S2. The largest absolute Gasteiger partial charge is 0.489 e. The highest BCUT2D eigenvalue weighted by molar-refractivity contribution is 8.07. The average Bonchev–Trinajstić information content (AvgIpc) is 3.34. The number of hydrogen-bond acceptors (Lipinski definition) is 6. The number of ether oxygens (including phenoxy) is 1. The van der Waals surface area contributed by atoms with Crippen LogP contribution in [0.25, 0.3) is 0 Å². The van der Waals surface area contributed by atoms with E-state index < -0.39 is 0 Å². The normalized spacial score (nSPS) is 17.6. The van der Waals surface area contributed by atoms with Crippen LogP contribution >= 0.6 is 35.1 Å². The summed E-state index contributed by atoms with van der Waals surface area (Å²) in [4.78, 5) is 0. The summed E-state index contributed by atoms with van der Waals surface area (Å²) in [5.41, 5.74) is 2.19. The molecular weight excluding hydrogens is 400 g/mol. The molecule has 5 rings (SSSR count). The first-order valence-electron chi connectivity index (χ1n) is 8.42. The second-order valence-corrected chi connectivity index (χ2v) is 8.53. The monoisotopic (exact) mass is 414 g/mol. The third-order valence-electron chi connectivity index (χ3n) is 4.44. The summed E-state index contributed by atoms with van der Waals surface area (Å²) in [6.07, 6.45) is 0. The zero-order valence-electron chi connectivity index (χ0n) is 14.4. The molecule has 2 aromatic carbocycles. The van der Waals surface area contributed by atoms with Crippen LogP contribution in [0.2, 0.25) is 5.02 Å². The molecule has 0 saturated heterocycles. The topological polar surface area (TPSA) is 43.2 Å². The molecule has 2 aliphatic rings. The fourth-order valence-electron chi connectivity index (χ4n) is 3.09. The quantitative estimate of drug-likeness (QED) is 0.591. The van der Waals surface area contributed by atoms with Crippen LogP contribution in [-0.2, 0) is 6.61 Å². The molecule has 0 radical (unpaired) electrons. The molecule has 0 amide bonds. The van der Waals surface area contributed by atoms with Gasteiger partial charge in [-0.25, -0.2) is 4.68 Å². The maximum Gasteiger partial charge on any atom is 0.216 e. The third-order valence-corrected chi connectivity index (χ3v) is 7.00. The van der Waals surface area contributed by atoms with Crippen molar-refractivity contribution in [3.05, 3.63) is 80.9 Å². The standard InChI is InChI=1S/C19H15ClN4OS2/c1-12-21-22-19-23(12)24-17(27-19)11-26-18(24)13-6-8-15(9-7-13)25-10-14-4-2-3-5-16(14)20/h2-9,11,18H,10H2,1H3. The Bertz CT molecular complexity index is 1030. The van der Waals surface area contributed by atoms with Gasteiger partial charge in [-0.2, -0.15) is 0 Å². The number of hydrogen-bond donors (Lipinski definition) is 0. The highest BCUT2D eigenvalue weighted by Crippen LogP contribution is 2.51. The molecule has 5 nitrogen and oxygen atoms in total. The molecule has 27 heavy (non-hydrogen) atoms. The van der Waals surface area contributed by atoms with Gasteiger partial charge in [-0.05, 0) is 42.4 Å². The number of halogens is 1. The van der Waals surface area contributed by atoms with E-state index in [9.17, 15) is 0 Å². The van der Waals surface area contributed by atoms with Gasteiger partial charge in [0.1, 0.15) is 22.8 Å². The summed E-state index contributed by atoms with van der Waals surface area (Å²) >= 11 is 9.63. The predicted molar refractivity (Wildman–Crippen MR) is 109 cm³/mol. The van der Waals surface area contributed by atoms with E-state index >= 15 is 0 Å². The maximum atomic E-state index is 6.19. The van der Waals surface area contributed by atoms with Gasteiger partial charge in [0.2, 0.25) is 5.16 Å². The predicted octanol–water partition coefficient (Wildman–Crippen LogP) is 5.11. The number of aryl methyl sites for hydroxylation is 1. The van der Waals surface area contributed by atoms with Gasteiger partial charge in [-0.15, -0.1) is 10.2 Å². The average molecular weight is 415 g/mol. The second kappa shape index (κ2) is 6.82. The summed E-state index contributed by atoms with van der Waals surface area (Å²) < 4.78 is 7.98. The van der Waals surface area contributed by atoms with Crippen molar-refractivity contribution >= 4 is 35.1 Å². The van der Waals surface area contributed by atoms with Crippen molar-refractivity contribution < 1.29 is 4.74 Å². The van der Waals surface area contributed by atoms with Gasteiger partial charge in [-0.3, -0.25) is 5.01 Å². The number of thioether (sulfide) groups is 2. The number of benzene rings is 2. The molecule has 0 bridgehead atoms. The Kier molecular flexibility index (Phi) is 4.30. The van der Waals surface area contributed by atoms with Crippen LogP contribution in [-0.4, -0.2) is 14.9 Å². The molecule has 2 aliphatic heterocycles. The van der Waals surface area contributed by atoms with E-state index in [-0.39, 0.29) is 5.37 Å². The van der Waals surface area contributed by atoms with Gasteiger partial charge in [0.25, 0.3) is 0 Å². The van der Waals surface area contributed by atoms with E-state index in [1.165, 1.54) is 10.6 Å². The molecule has 1 atom stereocenters. The first kappa shape index (κ1) is 17.0. The molecule has 8 heteroatoms. The Balaban J connectivity index is 1.33. The molecule has 0 fully saturated rings. The van der Waals surface area contributed by atoms with Gasteiger partial charge in [0, 0.05) is 16.0 Å².